The first-order valence-corrected chi connectivity index (χ1v) is 7.02. The molecule has 0 radical (unpaired) electrons. The van der Waals surface area contributed by atoms with Gasteiger partial charge < -0.3 is 4.90 Å². The molecule has 0 saturated carbocycles. The Hall–Kier alpha value is -0.130. The van der Waals surface area contributed by atoms with Gasteiger partial charge >= 0.3 is 0 Å². The van der Waals surface area contributed by atoms with Crippen molar-refractivity contribution in [1.82, 2.24) is 4.90 Å². The largest absolute Gasteiger partial charge is 0.304 e. The van der Waals surface area contributed by atoms with Gasteiger partial charge in [0.15, 0.2) is 0 Å². The van der Waals surface area contributed by atoms with Crippen molar-refractivity contribution < 1.29 is 13.0 Å². The highest BCUT2D eigenvalue weighted by atomic mass is 32.2. The van der Waals surface area contributed by atoms with E-state index in [1.807, 2.05) is 0 Å². The molecule has 0 aromatic heterocycles. The summed E-state index contributed by atoms with van der Waals surface area (Å²) in [5.74, 6) is 0. The Kier molecular flexibility index (Phi) is 10.5. The van der Waals surface area contributed by atoms with E-state index < -0.39 is 15.4 Å². The predicted octanol–water partition coefficient (Wildman–Crippen LogP) is 2.02. The molecule has 5 heteroatoms. The maximum Gasteiger partial charge on any atom is 0.267 e. The van der Waals surface area contributed by atoms with E-state index in [0.29, 0.717) is 6.42 Å². The van der Waals surface area contributed by atoms with Crippen LogP contribution in [0.4, 0.5) is 0 Å². The molecule has 1 N–H and O–H groups in total. The quantitative estimate of drug-likeness (QED) is 0.746. The molecule has 4 nitrogen and oxygen atoms in total. The molecule has 0 aliphatic heterocycles. The van der Waals surface area contributed by atoms with E-state index in [1.54, 1.807) is 6.92 Å². The van der Waals surface area contributed by atoms with E-state index in [-0.39, 0.29) is 0 Å². The molecule has 1 unspecified atom stereocenters. The second kappa shape index (κ2) is 9.12. The lowest BCUT2D eigenvalue weighted by molar-refractivity contribution is 0.321. The molecule has 0 aromatic carbocycles. The molecule has 0 heterocycles. The first kappa shape index (κ1) is 17.3. The highest BCUT2D eigenvalue weighted by Gasteiger charge is 2.13. The zero-order valence-corrected chi connectivity index (χ0v) is 11.3. The zero-order chi connectivity index (χ0) is 12.5. The monoisotopic (exact) mass is 239 g/mol. The van der Waals surface area contributed by atoms with Crippen LogP contribution >= 0.6 is 0 Å². The summed E-state index contributed by atoms with van der Waals surface area (Å²) in [5.41, 5.74) is 0. The molecule has 0 rings (SSSR count). The molecule has 0 bridgehead atoms. The first-order valence-electron chi connectivity index (χ1n) is 5.51. The van der Waals surface area contributed by atoms with Crippen LogP contribution in [0.25, 0.3) is 0 Å². The van der Waals surface area contributed by atoms with E-state index >= 15 is 0 Å². The lowest BCUT2D eigenvalue weighted by Crippen LogP contribution is -2.21. The maximum absolute atomic E-state index is 10.1. The summed E-state index contributed by atoms with van der Waals surface area (Å²) in [6, 6.07) is 0. The normalized spacial score (nSPS) is 13.3. The summed E-state index contributed by atoms with van der Waals surface area (Å²) in [6.07, 6.45) is 0.457. The fourth-order valence-corrected chi connectivity index (χ4v) is 1.30. The van der Waals surface area contributed by atoms with E-state index in [1.165, 1.54) is 26.6 Å². The number of nitrogens with zero attached hydrogens (tertiary/aromatic N) is 1. The van der Waals surface area contributed by atoms with Crippen LogP contribution in [0.2, 0.25) is 0 Å². The molecule has 0 amide bonds. The van der Waals surface area contributed by atoms with Gasteiger partial charge in [0, 0.05) is 0 Å². The number of rotatable bonds is 5. The van der Waals surface area contributed by atoms with Gasteiger partial charge in [0.25, 0.3) is 10.1 Å². The van der Waals surface area contributed by atoms with Crippen molar-refractivity contribution in [2.45, 2.75) is 46.3 Å². The second-order valence-corrected chi connectivity index (χ2v) is 5.19. The number of hydrogen-bond donors (Lipinski definition) is 1. The Bertz CT molecular complexity index is 217. The van der Waals surface area contributed by atoms with Gasteiger partial charge in [-0.1, -0.05) is 27.7 Å². The summed E-state index contributed by atoms with van der Waals surface area (Å²) in [4.78, 5) is 2.38. The fraction of sp³-hybridized carbons (Fsp3) is 1.00. The molecule has 0 aliphatic carbocycles. The van der Waals surface area contributed by atoms with Crippen LogP contribution in [0.3, 0.4) is 0 Å². The Morgan fingerprint density at radius 1 is 1.07 bits per heavy atom. The summed E-state index contributed by atoms with van der Waals surface area (Å²) in [6.45, 7) is 13.3. The summed E-state index contributed by atoms with van der Waals surface area (Å²) < 4.78 is 28.5. The lowest BCUT2D eigenvalue weighted by Gasteiger charge is -2.13. The third-order valence-corrected chi connectivity index (χ3v) is 3.78. The van der Waals surface area contributed by atoms with Gasteiger partial charge in [-0.15, -0.1) is 0 Å². The minimum Gasteiger partial charge on any atom is -0.304 e. The maximum atomic E-state index is 10.1. The summed E-state index contributed by atoms with van der Waals surface area (Å²) in [5, 5.41) is -0.623. The molecule has 94 valence electrons. The van der Waals surface area contributed by atoms with Crippen LogP contribution in [0.15, 0.2) is 0 Å². The Balaban J connectivity index is 0. The third kappa shape index (κ3) is 10.2. The molecule has 1 atom stereocenters. The van der Waals surface area contributed by atoms with E-state index in [0.717, 1.165) is 0 Å². The van der Waals surface area contributed by atoms with Gasteiger partial charge in [0.1, 0.15) is 0 Å². The molecule has 15 heavy (non-hydrogen) atoms. The van der Waals surface area contributed by atoms with Gasteiger partial charge in [0.2, 0.25) is 0 Å². The molecular formula is C10H25NO3S. The van der Waals surface area contributed by atoms with Crippen molar-refractivity contribution in [3.63, 3.8) is 0 Å². The van der Waals surface area contributed by atoms with Crippen LogP contribution in [0.5, 0.6) is 0 Å². The van der Waals surface area contributed by atoms with Gasteiger partial charge in [0.05, 0.1) is 5.25 Å². The molecule has 0 aromatic rings. The van der Waals surface area contributed by atoms with Gasteiger partial charge in [-0.2, -0.15) is 8.42 Å². The van der Waals surface area contributed by atoms with Crippen LogP contribution in [-0.2, 0) is 10.1 Å². The minimum absolute atomic E-state index is 0.457. The number of hydrogen-bond acceptors (Lipinski definition) is 3. The van der Waals surface area contributed by atoms with E-state index in [2.05, 4.69) is 25.7 Å². The highest BCUT2D eigenvalue weighted by Crippen LogP contribution is 1.99. The zero-order valence-electron chi connectivity index (χ0n) is 10.5. The Morgan fingerprint density at radius 3 is 1.40 bits per heavy atom. The molecule has 0 aliphatic rings. The molecule has 0 saturated heterocycles. The van der Waals surface area contributed by atoms with Crippen molar-refractivity contribution in [3.05, 3.63) is 0 Å². The van der Waals surface area contributed by atoms with Crippen LogP contribution in [0.1, 0.15) is 41.0 Å². The van der Waals surface area contributed by atoms with Crippen LogP contribution in [-0.4, -0.2) is 42.8 Å². The predicted molar refractivity (Wildman–Crippen MR) is 64.8 cm³/mol. The van der Waals surface area contributed by atoms with Crippen molar-refractivity contribution in [3.8, 4) is 0 Å². The molecule has 0 spiro atoms. The Morgan fingerprint density at radius 2 is 1.40 bits per heavy atom. The van der Waals surface area contributed by atoms with E-state index in [9.17, 15) is 8.42 Å². The van der Waals surface area contributed by atoms with Gasteiger partial charge in [-0.25, -0.2) is 0 Å². The van der Waals surface area contributed by atoms with Crippen molar-refractivity contribution in [2.75, 3.05) is 19.6 Å². The smallest absolute Gasteiger partial charge is 0.267 e. The van der Waals surface area contributed by atoms with E-state index in [4.69, 9.17) is 4.55 Å². The first-order chi connectivity index (χ1) is 6.83. The average Bonchev–Trinajstić information content (AvgIpc) is 2.19. The molecular weight excluding hydrogens is 214 g/mol. The second-order valence-electron chi connectivity index (χ2n) is 3.35. The van der Waals surface area contributed by atoms with Crippen LogP contribution in [0, 0.1) is 0 Å². The summed E-state index contributed by atoms with van der Waals surface area (Å²) >= 11 is 0. The van der Waals surface area contributed by atoms with Crippen molar-refractivity contribution in [1.29, 1.82) is 0 Å². The van der Waals surface area contributed by atoms with Gasteiger partial charge in [-0.3, -0.25) is 4.55 Å². The van der Waals surface area contributed by atoms with Crippen molar-refractivity contribution in [2.24, 2.45) is 0 Å². The topological polar surface area (TPSA) is 57.6 Å². The minimum atomic E-state index is -3.75. The third-order valence-electron chi connectivity index (χ3n) is 2.43. The standard InChI is InChI=1S/C6H15N.C4H10O3S/c1-4-7(5-2)6-3;1-3-4(2)8(5,6)7/h4-6H2,1-3H3;4H,3H2,1-2H3,(H,5,6,7). The SMILES string of the molecule is CCC(C)S(=O)(=O)O.CCN(CC)CC. The fourth-order valence-electron chi connectivity index (χ4n) is 0.881. The lowest BCUT2D eigenvalue weighted by atomic mass is 10.4. The molecule has 0 fully saturated rings. The van der Waals surface area contributed by atoms with Crippen LogP contribution < -0.4 is 0 Å². The highest BCUT2D eigenvalue weighted by molar-refractivity contribution is 7.86. The average molecular weight is 239 g/mol. The summed E-state index contributed by atoms with van der Waals surface area (Å²) in [7, 11) is -3.75. The van der Waals surface area contributed by atoms with Gasteiger partial charge in [-0.05, 0) is 33.0 Å². The van der Waals surface area contributed by atoms with Crippen molar-refractivity contribution >= 4 is 10.1 Å². The Labute approximate surface area is 94.4 Å².